The number of amides is 2. The third kappa shape index (κ3) is 4.28. The smallest absolute Gasteiger partial charge is 0.251 e. The van der Waals surface area contributed by atoms with Crippen LogP contribution in [0.4, 0.5) is 0 Å². The molecule has 1 aromatic heterocycles. The van der Waals surface area contributed by atoms with Crippen molar-refractivity contribution in [2.24, 2.45) is 0 Å². The van der Waals surface area contributed by atoms with E-state index in [9.17, 15) is 9.59 Å². The van der Waals surface area contributed by atoms with Gasteiger partial charge in [0.25, 0.3) is 5.91 Å². The molecule has 0 bridgehead atoms. The van der Waals surface area contributed by atoms with Crippen LogP contribution in [0.1, 0.15) is 32.9 Å². The number of carbonyl (C=O) groups is 2. The summed E-state index contributed by atoms with van der Waals surface area (Å²) in [6, 6.07) is 17.1. The number of aromatic nitrogens is 2. The summed E-state index contributed by atoms with van der Waals surface area (Å²) in [5, 5.41) is 10.1. The summed E-state index contributed by atoms with van der Waals surface area (Å²) < 4.78 is 1.87. The van der Waals surface area contributed by atoms with Gasteiger partial charge in [-0.1, -0.05) is 30.3 Å². The molecular formula is C22H24N4O2. The number of nitrogens with one attached hydrogen (secondary N) is 2. The van der Waals surface area contributed by atoms with Crippen LogP contribution in [0.3, 0.4) is 0 Å². The second kappa shape index (κ2) is 8.52. The zero-order chi connectivity index (χ0) is 20.1. The molecule has 1 heterocycles. The van der Waals surface area contributed by atoms with Crippen molar-refractivity contribution in [1.29, 1.82) is 0 Å². The maximum absolute atomic E-state index is 12.4. The highest BCUT2D eigenvalue weighted by atomic mass is 16.2. The summed E-state index contributed by atoms with van der Waals surface area (Å²) in [4.78, 5) is 24.0. The van der Waals surface area contributed by atoms with Gasteiger partial charge in [-0.2, -0.15) is 5.10 Å². The summed E-state index contributed by atoms with van der Waals surface area (Å²) in [6.07, 6.45) is 0.279. The molecule has 3 aromatic rings. The Hall–Kier alpha value is -3.41. The van der Waals surface area contributed by atoms with Crippen molar-refractivity contribution >= 4 is 11.8 Å². The minimum atomic E-state index is -0.128. The van der Waals surface area contributed by atoms with Gasteiger partial charge >= 0.3 is 0 Å². The fourth-order valence-electron chi connectivity index (χ4n) is 3.09. The van der Waals surface area contributed by atoms with E-state index < -0.39 is 0 Å². The summed E-state index contributed by atoms with van der Waals surface area (Å²) in [7, 11) is 1.60. The fraction of sp³-hybridized carbons (Fsp3) is 0.227. The normalized spacial score (nSPS) is 10.5. The zero-order valence-electron chi connectivity index (χ0n) is 16.3. The lowest BCUT2D eigenvalue weighted by Gasteiger charge is -2.08. The van der Waals surface area contributed by atoms with Gasteiger partial charge in [-0.25, -0.2) is 4.68 Å². The van der Waals surface area contributed by atoms with Gasteiger partial charge in [-0.3, -0.25) is 9.59 Å². The molecule has 0 saturated heterocycles. The Bertz CT molecular complexity index is 976. The monoisotopic (exact) mass is 376 g/mol. The summed E-state index contributed by atoms with van der Waals surface area (Å²) in [5.41, 5.74) is 5.27. The Morgan fingerprint density at radius 3 is 2.32 bits per heavy atom. The van der Waals surface area contributed by atoms with E-state index in [1.807, 2.05) is 61.0 Å². The molecule has 0 aliphatic rings. The molecule has 0 unspecified atom stereocenters. The van der Waals surface area contributed by atoms with Crippen LogP contribution in [0.5, 0.6) is 0 Å². The Morgan fingerprint density at radius 1 is 1.00 bits per heavy atom. The quantitative estimate of drug-likeness (QED) is 0.695. The van der Waals surface area contributed by atoms with E-state index in [1.54, 1.807) is 19.2 Å². The van der Waals surface area contributed by atoms with Crippen LogP contribution in [-0.2, 0) is 17.8 Å². The van der Waals surface area contributed by atoms with Crippen LogP contribution in [0, 0.1) is 13.8 Å². The maximum atomic E-state index is 12.4. The van der Waals surface area contributed by atoms with Gasteiger partial charge in [-0.05, 0) is 43.7 Å². The lowest BCUT2D eigenvalue weighted by Crippen LogP contribution is -2.25. The first-order valence-electron chi connectivity index (χ1n) is 9.18. The molecule has 0 spiro atoms. The summed E-state index contributed by atoms with van der Waals surface area (Å²) in [5.74, 6) is -0.189. The van der Waals surface area contributed by atoms with Gasteiger partial charge in [0, 0.05) is 30.4 Å². The number of nitrogens with zero attached hydrogens (tertiary/aromatic N) is 2. The molecule has 3 rings (SSSR count). The number of hydrogen-bond donors (Lipinski definition) is 2. The standard InChI is InChI=1S/C22H24N4O2/c1-15-20(16(2)26(25-15)19-7-5-4-6-8-19)13-21(27)24-14-17-9-11-18(12-10-17)22(28)23-3/h4-12H,13-14H2,1-3H3,(H,23,28)(H,24,27). The van der Waals surface area contributed by atoms with Crippen molar-refractivity contribution < 1.29 is 9.59 Å². The lowest BCUT2D eigenvalue weighted by molar-refractivity contribution is -0.120. The molecule has 0 aliphatic carbocycles. The van der Waals surface area contributed by atoms with Crippen molar-refractivity contribution in [1.82, 2.24) is 20.4 Å². The first-order chi connectivity index (χ1) is 13.5. The van der Waals surface area contributed by atoms with Crippen molar-refractivity contribution in [2.45, 2.75) is 26.8 Å². The van der Waals surface area contributed by atoms with Crippen LogP contribution in [0.2, 0.25) is 0 Å². The maximum Gasteiger partial charge on any atom is 0.251 e. The molecule has 0 radical (unpaired) electrons. The van der Waals surface area contributed by atoms with Gasteiger partial charge in [-0.15, -0.1) is 0 Å². The first-order valence-corrected chi connectivity index (χ1v) is 9.18. The first kappa shape index (κ1) is 19.4. The van der Waals surface area contributed by atoms with Crippen molar-refractivity contribution in [3.05, 3.63) is 82.7 Å². The molecule has 144 valence electrons. The van der Waals surface area contributed by atoms with Gasteiger partial charge in [0.05, 0.1) is 17.8 Å². The Balaban J connectivity index is 1.64. The Kier molecular flexibility index (Phi) is 5.89. The fourth-order valence-corrected chi connectivity index (χ4v) is 3.09. The molecule has 0 aliphatic heterocycles. The minimum absolute atomic E-state index is 0.0609. The van der Waals surface area contributed by atoms with Crippen molar-refractivity contribution in [2.75, 3.05) is 7.05 Å². The van der Waals surface area contributed by atoms with Crippen LogP contribution < -0.4 is 10.6 Å². The molecule has 6 heteroatoms. The third-order valence-corrected chi connectivity index (χ3v) is 4.71. The van der Waals surface area contributed by atoms with Gasteiger partial charge in [0.1, 0.15) is 0 Å². The number of para-hydroxylation sites is 1. The van der Waals surface area contributed by atoms with Crippen molar-refractivity contribution in [3.63, 3.8) is 0 Å². The minimum Gasteiger partial charge on any atom is -0.355 e. The zero-order valence-corrected chi connectivity index (χ0v) is 16.3. The van der Waals surface area contributed by atoms with E-state index >= 15 is 0 Å². The molecule has 0 saturated carbocycles. The topological polar surface area (TPSA) is 76.0 Å². The van der Waals surface area contributed by atoms with Gasteiger partial charge in [0.15, 0.2) is 0 Å². The predicted molar refractivity (Wildman–Crippen MR) is 108 cm³/mol. The van der Waals surface area contributed by atoms with Gasteiger partial charge < -0.3 is 10.6 Å². The molecule has 2 amide bonds. The average molecular weight is 376 g/mol. The highest BCUT2D eigenvalue weighted by Gasteiger charge is 2.15. The Labute approximate surface area is 164 Å². The number of rotatable bonds is 6. The predicted octanol–water partition coefficient (Wildman–Crippen LogP) is 2.71. The number of benzene rings is 2. The molecule has 2 N–H and O–H groups in total. The largest absolute Gasteiger partial charge is 0.355 e. The average Bonchev–Trinajstić information content (AvgIpc) is 3.01. The van der Waals surface area contributed by atoms with Crippen LogP contribution in [0.15, 0.2) is 54.6 Å². The van der Waals surface area contributed by atoms with Gasteiger partial charge in [0.2, 0.25) is 5.91 Å². The molecule has 28 heavy (non-hydrogen) atoms. The molecule has 0 fully saturated rings. The van der Waals surface area contributed by atoms with E-state index in [2.05, 4.69) is 15.7 Å². The molecule has 2 aromatic carbocycles. The highest BCUT2D eigenvalue weighted by molar-refractivity contribution is 5.93. The second-order valence-corrected chi connectivity index (χ2v) is 6.63. The second-order valence-electron chi connectivity index (χ2n) is 6.63. The number of hydrogen-bond acceptors (Lipinski definition) is 3. The van der Waals surface area contributed by atoms with Crippen LogP contribution in [0.25, 0.3) is 5.69 Å². The van der Waals surface area contributed by atoms with E-state index in [0.717, 1.165) is 28.2 Å². The highest BCUT2D eigenvalue weighted by Crippen LogP contribution is 2.18. The molecule has 6 nitrogen and oxygen atoms in total. The van der Waals surface area contributed by atoms with E-state index in [4.69, 9.17) is 0 Å². The van der Waals surface area contributed by atoms with Crippen LogP contribution in [-0.4, -0.2) is 28.6 Å². The molecular weight excluding hydrogens is 352 g/mol. The van der Waals surface area contributed by atoms with E-state index in [1.165, 1.54) is 0 Å². The van der Waals surface area contributed by atoms with Crippen LogP contribution >= 0.6 is 0 Å². The number of carbonyl (C=O) groups excluding carboxylic acids is 2. The summed E-state index contributed by atoms with van der Waals surface area (Å²) >= 11 is 0. The Morgan fingerprint density at radius 2 is 1.68 bits per heavy atom. The number of aryl methyl sites for hydroxylation is 1. The third-order valence-electron chi connectivity index (χ3n) is 4.71. The SMILES string of the molecule is CNC(=O)c1ccc(CNC(=O)Cc2c(C)nn(-c3ccccc3)c2C)cc1. The lowest BCUT2D eigenvalue weighted by atomic mass is 10.1. The van der Waals surface area contributed by atoms with E-state index in [-0.39, 0.29) is 18.2 Å². The summed E-state index contributed by atoms with van der Waals surface area (Å²) in [6.45, 7) is 4.32. The van der Waals surface area contributed by atoms with E-state index in [0.29, 0.717) is 12.1 Å². The molecule has 0 atom stereocenters. The van der Waals surface area contributed by atoms with Crippen molar-refractivity contribution in [3.8, 4) is 5.69 Å².